The number of rotatable bonds is 1. The maximum Gasteiger partial charge on any atom is 0.389 e. The quantitative estimate of drug-likeness (QED) is 0.629. The second kappa shape index (κ2) is 3.43. The molecule has 1 unspecified atom stereocenters. The Bertz CT molecular complexity index is 115. The van der Waals surface area contributed by atoms with Crippen LogP contribution in [0.1, 0.15) is 19.3 Å². The lowest BCUT2D eigenvalue weighted by molar-refractivity contribution is -0.145. The van der Waals surface area contributed by atoms with E-state index in [4.69, 9.17) is 0 Å². The molecule has 4 heteroatoms. The van der Waals surface area contributed by atoms with E-state index in [9.17, 15) is 13.2 Å². The van der Waals surface area contributed by atoms with Crippen LogP contribution in [0.15, 0.2) is 0 Å². The summed E-state index contributed by atoms with van der Waals surface area (Å²) in [7, 11) is 0. The van der Waals surface area contributed by atoms with E-state index >= 15 is 0 Å². The number of halogens is 3. The van der Waals surface area contributed by atoms with Crippen LogP contribution in [0.4, 0.5) is 13.2 Å². The molecule has 0 saturated carbocycles. The molecular weight excluding hydrogens is 155 g/mol. The Hall–Kier alpha value is -0.250. The van der Waals surface area contributed by atoms with Gasteiger partial charge in [-0.25, -0.2) is 0 Å². The third kappa shape index (κ3) is 3.60. The smallest absolute Gasteiger partial charge is 0.316 e. The Kier molecular flexibility index (Phi) is 2.76. The molecule has 11 heavy (non-hydrogen) atoms. The summed E-state index contributed by atoms with van der Waals surface area (Å²) >= 11 is 0. The molecule has 0 aliphatic carbocycles. The van der Waals surface area contributed by atoms with Crippen molar-refractivity contribution in [3.05, 3.63) is 0 Å². The van der Waals surface area contributed by atoms with Crippen molar-refractivity contribution in [2.24, 2.45) is 5.92 Å². The summed E-state index contributed by atoms with van der Waals surface area (Å²) in [5, 5.41) is 2.96. The molecule has 1 saturated heterocycles. The van der Waals surface area contributed by atoms with Gasteiger partial charge in [0.25, 0.3) is 0 Å². The molecule has 1 atom stereocenters. The fourth-order valence-electron chi connectivity index (χ4n) is 1.43. The summed E-state index contributed by atoms with van der Waals surface area (Å²) in [5.41, 5.74) is 0. The van der Waals surface area contributed by atoms with Gasteiger partial charge in [0.15, 0.2) is 0 Å². The molecule has 0 spiro atoms. The van der Waals surface area contributed by atoms with Gasteiger partial charge in [-0.3, -0.25) is 0 Å². The van der Waals surface area contributed by atoms with Gasteiger partial charge < -0.3 is 5.32 Å². The zero-order valence-corrected chi connectivity index (χ0v) is 6.25. The average Bonchev–Trinajstić information content (AvgIpc) is 1.85. The van der Waals surface area contributed by atoms with Gasteiger partial charge in [-0.1, -0.05) is 0 Å². The van der Waals surface area contributed by atoms with Gasteiger partial charge in [0.2, 0.25) is 0 Å². The van der Waals surface area contributed by atoms with Gasteiger partial charge in [-0.15, -0.1) is 0 Å². The lowest BCUT2D eigenvalue weighted by Gasteiger charge is -2.23. The fourth-order valence-corrected chi connectivity index (χ4v) is 1.43. The first-order valence-electron chi connectivity index (χ1n) is 3.85. The van der Waals surface area contributed by atoms with E-state index in [-0.39, 0.29) is 5.92 Å². The Morgan fingerprint density at radius 2 is 2.09 bits per heavy atom. The molecule has 0 amide bonds. The van der Waals surface area contributed by atoms with E-state index in [1.807, 2.05) is 0 Å². The Morgan fingerprint density at radius 3 is 2.55 bits per heavy atom. The zero-order valence-electron chi connectivity index (χ0n) is 6.25. The molecule has 1 N–H and O–H groups in total. The molecule has 0 radical (unpaired) electrons. The molecule has 1 rings (SSSR count). The van der Waals surface area contributed by atoms with Crippen molar-refractivity contribution in [1.29, 1.82) is 0 Å². The number of nitrogens with one attached hydrogen (secondary N) is 1. The average molecular weight is 167 g/mol. The third-order valence-electron chi connectivity index (χ3n) is 1.92. The molecule has 0 bridgehead atoms. The lowest BCUT2D eigenvalue weighted by atomic mass is 9.96. The van der Waals surface area contributed by atoms with E-state index in [2.05, 4.69) is 5.32 Å². The predicted octanol–water partition coefficient (Wildman–Crippen LogP) is 1.94. The van der Waals surface area contributed by atoms with E-state index in [1.165, 1.54) is 0 Å². The van der Waals surface area contributed by atoms with E-state index in [0.29, 0.717) is 13.0 Å². The summed E-state index contributed by atoms with van der Waals surface area (Å²) < 4.78 is 35.4. The molecule has 66 valence electrons. The summed E-state index contributed by atoms with van der Waals surface area (Å²) in [5.74, 6) is -0.191. The van der Waals surface area contributed by atoms with Crippen molar-refractivity contribution in [2.45, 2.75) is 25.4 Å². The maximum absolute atomic E-state index is 11.8. The van der Waals surface area contributed by atoms with Crippen molar-refractivity contribution in [2.75, 3.05) is 13.1 Å². The molecule has 1 aliphatic heterocycles. The number of alkyl halides is 3. The molecular formula is C7H12F3N. The molecule has 1 nitrogen and oxygen atoms in total. The highest BCUT2D eigenvalue weighted by molar-refractivity contribution is 4.71. The van der Waals surface area contributed by atoms with Crippen molar-refractivity contribution in [3.63, 3.8) is 0 Å². The van der Waals surface area contributed by atoms with Gasteiger partial charge in [-0.05, 0) is 31.8 Å². The second-order valence-corrected chi connectivity index (χ2v) is 3.03. The van der Waals surface area contributed by atoms with Crippen molar-refractivity contribution in [1.82, 2.24) is 5.32 Å². The minimum Gasteiger partial charge on any atom is -0.316 e. The van der Waals surface area contributed by atoms with Gasteiger partial charge in [0, 0.05) is 6.42 Å². The van der Waals surface area contributed by atoms with E-state index in [0.717, 1.165) is 13.0 Å². The highest BCUT2D eigenvalue weighted by Crippen LogP contribution is 2.27. The van der Waals surface area contributed by atoms with Crippen LogP contribution < -0.4 is 5.32 Å². The summed E-state index contributed by atoms with van der Waals surface area (Å²) in [6.45, 7) is 1.40. The Labute approximate surface area is 64.0 Å². The topological polar surface area (TPSA) is 12.0 Å². The summed E-state index contributed by atoms with van der Waals surface area (Å²) in [6.07, 6.45) is -3.02. The van der Waals surface area contributed by atoms with Gasteiger partial charge in [-0.2, -0.15) is 13.2 Å². The van der Waals surface area contributed by atoms with Gasteiger partial charge >= 0.3 is 6.18 Å². The maximum atomic E-state index is 11.8. The van der Waals surface area contributed by atoms with Crippen LogP contribution in [0.25, 0.3) is 0 Å². The normalized spacial score (nSPS) is 27.0. The lowest BCUT2D eigenvalue weighted by Crippen LogP contribution is -2.32. The largest absolute Gasteiger partial charge is 0.389 e. The van der Waals surface area contributed by atoms with Crippen LogP contribution in [-0.4, -0.2) is 19.3 Å². The summed E-state index contributed by atoms with van der Waals surface area (Å²) in [4.78, 5) is 0. The summed E-state index contributed by atoms with van der Waals surface area (Å²) in [6, 6.07) is 0. The zero-order chi connectivity index (χ0) is 8.32. The Balaban J connectivity index is 2.24. The fraction of sp³-hybridized carbons (Fsp3) is 1.00. The van der Waals surface area contributed by atoms with Crippen LogP contribution >= 0.6 is 0 Å². The van der Waals surface area contributed by atoms with E-state index in [1.54, 1.807) is 0 Å². The van der Waals surface area contributed by atoms with Crippen LogP contribution in [0.5, 0.6) is 0 Å². The minimum atomic E-state index is -3.98. The Morgan fingerprint density at radius 1 is 1.36 bits per heavy atom. The SMILES string of the molecule is FC(F)(F)CC1CCCNC1. The monoisotopic (exact) mass is 167 g/mol. The first kappa shape index (κ1) is 8.84. The van der Waals surface area contributed by atoms with E-state index < -0.39 is 12.6 Å². The molecule has 0 aromatic heterocycles. The van der Waals surface area contributed by atoms with Gasteiger partial charge in [0.05, 0.1) is 0 Å². The van der Waals surface area contributed by atoms with Crippen molar-refractivity contribution in [3.8, 4) is 0 Å². The van der Waals surface area contributed by atoms with Crippen LogP contribution in [-0.2, 0) is 0 Å². The highest BCUT2D eigenvalue weighted by Gasteiger charge is 2.32. The third-order valence-corrected chi connectivity index (χ3v) is 1.92. The second-order valence-electron chi connectivity index (χ2n) is 3.03. The van der Waals surface area contributed by atoms with Crippen LogP contribution in [0.2, 0.25) is 0 Å². The molecule has 1 fully saturated rings. The van der Waals surface area contributed by atoms with Crippen molar-refractivity contribution >= 4 is 0 Å². The van der Waals surface area contributed by atoms with Crippen LogP contribution in [0.3, 0.4) is 0 Å². The molecule has 0 aromatic carbocycles. The number of hydrogen-bond donors (Lipinski definition) is 1. The minimum absolute atomic E-state index is 0.191. The first-order chi connectivity index (χ1) is 5.08. The standard InChI is InChI=1S/C7H12F3N/c8-7(9,10)4-6-2-1-3-11-5-6/h6,11H,1-5H2. The molecule has 1 heterocycles. The van der Waals surface area contributed by atoms with Gasteiger partial charge in [0.1, 0.15) is 0 Å². The van der Waals surface area contributed by atoms with Crippen molar-refractivity contribution < 1.29 is 13.2 Å². The highest BCUT2D eigenvalue weighted by atomic mass is 19.4. The number of piperidine rings is 1. The van der Waals surface area contributed by atoms with Crippen LogP contribution in [0, 0.1) is 5.92 Å². The number of hydrogen-bond acceptors (Lipinski definition) is 1. The molecule has 0 aromatic rings. The molecule has 1 aliphatic rings. The predicted molar refractivity (Wildman–Crippen MR) is 36.3 cm³/mol. The first-order valence-corrected chi connectivity index (χ1v) is 3.85.